The lowest BCUT2D eigenvalue weighted by molar-refractivity contribution is -0.116. The number of carbonyl (C=O) groups excluding carboxylic acids is 2. The monoisotopic (exact) mass is 351 g/mol. The Kier molecular flexibility index (Phi) is 4.64. The number of methoxy groups -OCH3 is 1. The third-order valence-electron chi connectivity index (χ3n) is 2.75. The Morgan fingerprint density at radius 2 is 2.00 bits per heavy atom. The van der Waals surface area contributed by atoms with Gasteiger partial charge in [0.05, 0.1) is 12.8 Å². The maximum atomic E-state index is 12.0. The van der Waals surface area contributed by atoms with Crippen LogP contribution in [0.4, 0.5) is 11.4 Å². The van der Waals surface area contributed by atoms with E-state index >= 15 is 0 Å². The Hall–Kier alpha value is -2.28. The summed E-state index contributed by atoms with van der Waals surface area (Å²) in [7, 11) is 1.28. The highest BCUT2D eigenvalue weighted by Crippen LogP contribution is 2.15. The van der Waals surface area contributed by atoms with E-state index in [1.54, 1.807) is 12.1 Å². The number of hydrogen-bond donors (Lipinski definition) is 2. The summed E-state index contributed by atoms with van der Waals surface area (Å²) in [6.45, 7) is -0.0301. The number of halogens is 1. The number of nitrogens with two attached hydrogens (primary N) is 1. The number of nitrogens with one attached hydrogen (secondary N) is 1. The largest absolute Gasteiger partial charge is 0.464 e. The summed E-state index contributed by atoms with van der Waals surface area (Å²) in [5.41, 5.74) is 6.95. The van der Waals surface area contributed by atoms with Crippen molar-refractivity contribution in [2.75, 3.05) is 18.2 Å². The van der Waals surface area contributed by atoms with Crippen LogP contribution in [-0.4, -0.2) is 23.6 Å². The number of hydrogen-bond acceptors (Lipinski definition) is 4. The number of esters is 1. The van der Waals surface area contributed by atoms with Crippen LogP contribution in [0.25, 0.3) is 0 Å². The lowest BCUT2D eigenvalue weighted by Crippen LogP contribution is -2.21. The summed E-state index contributed by atoms with van der Waals surface area (Å²) >= 11 is 3.32. The highest BCUT2D eigenvalue weighted by molar-refractivity contribution is 9.10. The van der Waals surface area contributed by atoms with Crippen molar-refractivity contribution < 1.29 is 14.3 Å². The van der Waals surface area contributed by atoms with E-state index in [4.69, 9.17) is 5.73 Å². The van der Waals surface area contributed by atoms with E-state index in [1.165, 1.54) is 23.9 Å². The maximum absolute atomic E-state index is 12.0. The number of anilines is 2. The van der Waals surface area contributed by atoms with Gasteiger partial charge in [-0.2, -0.15) is 0 Å². The molecule has 0 spiro atoms. The second-order valence-corrected chi connectivity index (χ2v) is 5.25. The van der Waals surface area contributed by atoms with Gasteiger partial charge < -0.3 is 20.4 Å². The second kappa shape index (κ2) is 6.45. The summed E-state index contributed by atoms with van der Waals surface area (Å²) in [6, 6.07) is 8.66. The summed E-state index contributed by atoms with van der Waals surface area (Å²) in [4.78, 5) is 23.6. The van der Waals surface area contributed by atoms with Gasteiger partial charge in [0.1, 0.15) is 12.2 Å². The molecule has 0 fully saturated rings. The third kappa shape index (κ3) is 3.85. The minimum Gasteiger partial charge on any atom is -0.464 e. The van der Waals surface area contributed by atoms with Crippen molar-refractivity contribution in [1.29, 1.82) is 0 Å². The van der Waals surface area contributed by atoms with Crippen LogP contribution in [0, 0.1) is 0 Å². The Bertz CT molecular complexity index is 665. The molecule has 0 radical (unpaired) electrons. The molecule has 0 bridgehead atoms. The van der Waals surface area contributed by atoms with Gasteiger partial charge in [0.2, 0.25) is 5.91 Å². The van der Waals surface area contributed by atoms with Crippen LogP contribution < -0.4 is 11.1 Å². The Labute approximate surface area is 130 Å². The number of aromatic nitrogens is 1. The first-order chi connectivity index (χ1) is 9.99. The molecular weight excluding hydrogens is 338 g/mol. The fraction of sp³-hybridized carbons (Fsp3) is 0.143. The Morgan fingerprint density at radius 1 is 1.33 bits per heavy atom. The summed E-state index contributed by atoms with van der Waals surface area (Å²) in [5.74, 6) is -0.804. The molecule has 7 heteroatoms. The molecular formula is C14H14BrN3O3. The molecule has 1 aromatic heterocycles. The molecule has 1 amide bonds. The molecule has 0 aliphatic heterocycles. The number of nitrogens with zero attached hydrogens (tertiary/aromatic N) is 1. The van der Waals surface area contributed by atoms with Crippen LogP contribution in [0.1, 0.15) is 10.5 Å². The van der Waals surface area contributed by atoms with Crippen LogP contribution in [0.3, 0.4) is 0 Å². The van der Waals surface area contributed by atoms with Crippen LogP contribution in [0.15, 0.2) is 41.0 Å². The highest BCUT2D eigenvalue weighted by Gasteiger charge is 2.15. The third-order valence-corrected chi connectivity index (χ3v) is 3.28. The van der Waals surface area contributed by atoms with E-state index in [2.05, 4.69) is 26.0 Å². The van der Waals surface area contributed by atoms with Crippen molar-refractivity contribution in [3.05, 3.63) is 46.7 Å². The fourth-order valence-electron chi connectivity index (χ4n) is 1.83. The van der Waals surface area contributed by atoms with E-state index in [9.17, 15) is 9.59 Å². The zero-order valence-electron chi connectivity index (χ0n) is 11.3. The van der Waals surface area contributed by atoms with Gasteiger partial charge in [-0.3, -0.25) is 4.79 Å². The summed E-state index contributed by atoms with van der Waals surface area (Å²) < 4.78 is 7.03. The Morgan fingerprint density at radius 3 is 2.62 bits per heavy atom. The molecule has 3 N–H and O–H groups in total. The molecule has 2 rings (SSSR count). The molecule has 21 heavy (non-hydrogen) atoms. The number of amides is 1. The molecule has 0 atom stereocenters. The van der Waals surface area contributed by atoms with Crippen molar-refractivity contribution in [2.24, 2.45) is 0 Å². The summed E-state index contributed by atoms with van der Waals surface area (Å²) in [5, 5.41) is 2.74. The highest BCUT2D eigenvalue weighted by atomic mass is 79.9. The molecule has 6 nitrogen and oxygen atoms in total. The average Bonchev–Trinajstić information content (AvgIpc) is 2.81. The number of nitrogen functional groups attached to an aromatic ring is 1. The first kappa shape index (κ1) is 15.1. The second-order valence-electron chi connectivity index (χ2n) is 4.33. The molecule has 0 saturated heterocycles. The van der Waals surface area contributed by atoms with Gasteiger partial charge in [-0.15, -0.1) is 0 Å². The zero-order chi connectivity index (χ0) is 15.4. The van der Waals surface area contributed by atoms with Crippen molar-refractivity contribution in [3.63, 3.8) is 0 Å². The first-order valence-electron chi connectivity index (χ1n) is 6.09. The predicted octanol–water partition coefficient (Wildman–Crippen LogP) is 2.26. The van der Waals surface area contributed by atoms with Crippen LogP contribution in [0.2, 0.25) is 0 Å². The lowest BCUT2D eigenvalue weighted by Gasteiger charge is -2.08. The number of carbonyl (C=O) groups is 2. The van der Waals surface area contributed by atoms with Crippen molar-refractivity contribution in [3.8, 4) is 0 Å². The van der Waals surface area contributed by atoms with Crippen LogP contribution >= 0.6 is 15.9 Å². The molecule has 0 unspecified atom stereocenters. The predicted molar refractivity (Wildman–Crippen MR) is 83.0 cm³/mol. The zero-order valence-corrected chi connectivity index (χ0v) is 12.9. The SMILES string of the molecule is COC(=O)c1cc(N)cn1CC(=O)Nc1ccc(Br)cc1. The van der Waals surface area contributed by atoms with Crippen LogP contribution in [-0.2, 0) is 16.1 Å². The van der Waals surface area contributed by atoms with Gasteiger partial charge in [0, 0.05) is 16.4 Å². The molecule has 0 aliphatic carbocycles. The molecule has 0 aliphatic rings. The van der Waals surface area contributed by atoms with Crippen molar-refractivity contribution >= 4 is 39.2 Å². The van der Waals surface area contributed by atoms with Crippen LogP contribution in [0.5, 0.6) is 0 Å². The molecule has 1 aromatic carbocycles. The van der Waals surface area contributed by atoms with E-state index < -0.39 is 5.97 Å². The van der Waals surface area contributed by atoms with E-state index in [0.29, 0.717) is 11.4 Å². The number of rotatable bonds is 4. The van der Waals surface area contributed by atoms with E-state index in [0.717, 1.165) is 4.47 Å². The Balaban J connectivity index is 2.09. The first-order valence-corrected chi connectivity index (χ1v) is 6.88. The minimum absolute atomic E-state index is 0.0301. The summed E-state index contributed by atoms with van der Waals surface area (Å²) in [6.07, 6.45) is 1.52. The maximum Gasteiger partial charge on any atom is 0.354 e. The fourth-order valence-corrected chi connectivity index (χ4v) is 2.09. The van der Waals surface area contributed by atoms with Gasteiger partial charge in [0.15, 0.2) is 0 Å². The molecule has 0 saturated carbocycles. The average molecular weight is 352 g/mol. The number of ether oxygens (including phenoxy) is 1. The van der Waals surface area contributed by atoms with Gasteiger partial charge >= 0.3 is 5.97 Å². The molecule has 110 valence electrons. The van der Waals surface area contributed by atoms with Crippen molar-refractivity contribution in [1.82, 2.24) is 4.57 Å². The minimum atomic E-state index is -0.539. The van der Waals surface area contributed by atoms with E-state index in [1.807, 2.05) is 12.1 Å². The topological polar surface area (TPSA) is 86.3 Å². The molecule has 1 heterocycles. The van der Waals surface area contributed by atoms with E-state index in [-0.39, 0.29) is 18.1 Å². The van der Waals surface area contributed by atoms with Crippen molar-refractivity contribution in [2.45, 2.75) is 6.54 Å². The quantitative estimate of drug-likeness (QED) is 0.827. The standard InChI is InChI=1S/C14H14BrN3O3/c1-21-14(20)12-6-10(16)7-18(12)8-13(19)17-11-4-2-9(15)3-5-11/h2-7H,8,16H2,1H3,(H,17,19). The van der Waals surface area contributed by atoms with Gasteiger partial charge in [-0.1, -0.05) is 15.9 Å². The lowest BCUT2D eigenvalue weighted by atomic mass is 10.3. The van der Waals surface area contributed by atoms with Gasteiger partial charge in [0.25, 0.3) is 0 Å². The number of benzene rings is 1. The molecule has 2 aromatic rings. The van der Waals surface area contributed by atoms with Gasteiger partial charge in [-0.25, -0.2) is 4.79 Å². The normalized spacial score (nSPS) is 10.2. The smallest absolute Gasteiger partial charge is 0.354 e. The van der Waals surface area contributed by atoms with Gasteiger partial charge in [-0.05, 0) is 30.3 Å².